The quantitative estimate of drug-likeness (QED) is 0.719. The van der Waals surface area contributed by atoms with E-state index in [1.165, 1.54) is 19.6 Å². The van der Waals surface area contributed by atoms with Crippen molar-refractivity contribution in [2.45, 2.75) is 32.4 Å². The van der Waals surface area contributed by atoms with Gasteiger partial charge in [0.15, 0.2) is 0 Å². The van der Waals surface area contributed by atoms with Crippen molar-refractivity contribution in [3.63, 3.8) is 0 Å². The Balaban J connectivity index is 2.40. The molecule has 14 heavy (non-hydrogen) atoms. The van der Waals surface area contributed by atoms with Gasteiger partial charge in [-0.2, -0.15) is 0 Å². The van der Waals surface area contributed by atoms with Crippen LogP contribution in [0.15, 0.2) is 0 Å². The van der Waals surface area contributed by atoms with Crippen molar-refractivity contribution in [2.24, 2.45) is 0 Å². The zero-order valence-electron chi connectivity index (χ0n) is 10.3. The maximum absolute atomic E-state index is 3.36. The largest absolute Gasteiger partial charge is 0.314 e. The first kappa shape index (κ1) is 12.0. The zero-order valence-corrected chi connectivity index (χ0v) is 10.3. The highest BCUT2D eigenvalue weighted by Gasteiger charge is 2.25. The van der Waals surface area contributed by atoms with Gasteiger partial charge >= 0.3 is 0 Å². The molecule has 0 amide bonds. The van der Waals surface area contributed by atoms with E-state index in [4.69, 9.17) is 0 Å². The molecule has 0 aromatic rings. The summed E-state index contributed by atoms with van der Waals surface area (Å²) in [5.74, 6) is 0. The van der Waals surface area contributed by atoms with Crippen LogP contribution >= 0.6 is 0 Å². The van der Waals surface area contributed by atoms with E-state index in [1.54, 1.807) is 0 Å². The second kappa shape index (κ2) is 4.60. The van der Waals surface area contributed by atoms with Crippen LogP contribution in [0.2, 0.25) is 0 Å². The van der Waals surface area contributed by atoms with Gasteiger partial charge in [-0.25, -0.2) is 0 Å². The summed E-state index contributed by atoms with van der Waals surface area (Å²) in [5.41, 5.74) is 0.232. The van der Waals surface area contributed by atoms with Gasteiger partial charge in [-0.3, -0.25) is 4.90 Å². The highest BCUT2D eigenvalue weighted by atomic mass is 15.3. The molecule has 1 atom stereocenters. The fourth-order valence-corrected chi connectivity index (χ4v) is 1.91. The first-order valence-corrected chi connectivity index (χ1v) is 5.56. The average molecular weight is 199 g/mol. The van der Waals surface area contributed by atoms with E-state index >= 15 is 0 Å². The van der Waals surface area contributed by atoms with Gasteiger partial charge in [0.05, 0.1) is 0 Å². The smallest absolute Gasteiger partial charge is 0.0249 e. The Labute approximate surface area is 88.5 Å². The van der Waals surface area contributed by atoms with Gasteiger partial charge in [-0.1, -0.05) is 0 Å². The van der Waals surface area contributed by atoms with Crippen LogP contribution in [-0.4, -0.2) is 61.7 Å². The van der Waals surface area contributed by atoms with Crippen molar-refractivity contribution in [1.29, 1.82) is 0 Å². The number of hydrogen-bond donors (Lipinski definition) is 1. The van der Waals surface area contributed by atoms with E-state index < -0.39 is 0 Å². The van der Waals surface area contributed by atoms with Crippen LogP contribution in [-0.2, 0) is 0 Å². The summed E-state index contributed by atoms with van der Waals surface area (Å²) in [7, 11) is 4.25. The van der Waals surface area contributed by atoms with E-state index in [0.29, 0.717) is 6.04 Å². The number of nitrogens with zero attached hydrogens (tertiary/aromatic N) is 2. The molecule has 1 fully saturated rings. The maximum atomic E-state index is 3.36. The zero-order chi connectivity index (χ0) is 10.8. The molecule has 1 rings (SSSR count). The number of piperazine rings is 1. The molecule has 84 valence electrons. The molecule has 1 aliphatic rings. The molecule has 0 radical (unpaired) electrons. The van der Waals surface area contributed by atoms with Crippen LogP contribution in [0.5, 0.6) is 0 Å². The van der Waals surface area contributed by atoms with E-state index in [9.17, 15) is 0 Å². The Kier molecular flexibility index (Phi) is 3.93. The molecule has 1 aliphatic heterocycles. The third-order valence-corrected chi connectivity index (χ3v) is 3.34. The predicted octanol–water partition coefficient (Wildman–Crippen LogP) is 0.620. The first-order chi connectivity index (χ1) is 6.44. The lowest BCUT2D eigenvalue weighted by molar-refractivity contribution is 0.0863. The summed E-state index contributed by atoms with van der Waals surface area (Å²) >= 11 is 0. The van der Waals surface area contributed by atoms with Crippen LogP contribution in [0.1, 0.15) is 20.8 Å². The van der Waals surface area contributed by atoms with Crippen molar-refractivity contribution in [3.8, 4) is 0 Å². The number of hydrogen-bond acceptors (Lipinski definition) is 3. The van der Waals surface area contributed by atoms with Gasteiger partial charge in [0.2, 0.25) is 0 Å². The monoisotopic (exact) mass is 199 g/mol. The summed E-state index contributed by atoms with van der Waals surface area (Å²) in [6.07, 6.45) is 0. The SMILES string of the molecule is CNC(C)(C)CN1CCN(C)C(C)C1. The second-order valence-electron chi connectivity index (χ2n) is 5.20. The molecule has 0 aromatic heterocycles. The van der Waals surface area contributed by atoms with Crippen molar-refractivity contribution in [3.05, 3.63) is 0 Å². The molecule has 0 saturated carbocycles. The molecular formula is C11H25N3. The second-order valence-corrected chi connectivity index (χ2v) is 5.20. The van der Waals surface area contributed by atoms with Gasteiger partial charge in [0.25, 0.3) is 0 Å². The van der Waals surface area contributed by atoms with Crippen molar-refractivity contribution in [1.82, 2.24) is 15.1 Å². The Hall–Kier alpha value is -0.120. The molecule has 0 aliphatic carbocycles. The highest BCUT2D eigenvalue weighted by Crippen LogP contribution is 2.11. The summed E-state index contributed by atoms with van der Waals surface area (Å²) in [4.78, 5) is 4.99. The molecule has 3 heteroatoms. The predicted molar refractivity (Wildman–Crippen MR) is 61.7 cm³/mol. The lowest BCUT2D eigenvalue weighted by atomic mass is 10.0. The minimum absolute atomic E-state index is 0.232. The molecule has 0 aromatic carbocycles. The van der Waals surface area contributed by atoms with E-state index in [-0.39, 0.29) is 5.54 Å². The Morgan fingerprint density at radius 2 is 2.00 bits per heavy atom. The molecule has 1 N–H and O–H groups in total. The highest BCUT2D eigenvalue weighted by molar-refractivity contribution is 4.84. The topological polar surface area (TPSA) is 18.5 Å². The molecule has 3 nitrogen and oxygen atoms in total. The Morgan fingerprint density at radius 1 is 1.36 bits per heavy atom. The van der Waals surface area contributed by atoms with Crippen LogP contribution in [0.3, 0.4) is 0 Å². The summed E-state index contributed by atoms with van der Waals surface area (Å²) < 4.78 is 0. The first-order valence-electron chi connectivity index (χ1n) is 5.56. The molecular weight excluding hydrogens is 174 g/mol. The van der Waals surface area contributed by atoms with Gasteiger partial charge in [-0.05, 0) is 34.9 Å². The number of nitrogens with one attached hydrogen (secondary N) is 1. The third-order valence-electron chi connectivity index (χ3n) is 3.34. The van der Waals surface area contributed by atoms with Gasteiger partial charge < -0.3 is 10.2 Å². The van der Waals surface area contributed by atoms with Crippen LogP contribution in [0.25, 0.3) is 0 Å². The van der Waals surface area contributed by atoms with Gasteiger partial charge in [-0.15, -0.1) is 0 Å². The Morgan fingerprint density at radius 3 is 2.50 bits per heavy atom. The van der Waals surface area contributed by atoms with Gasteiger partial charge in [0, 0.05) is 37.8 Å². The average Bonchev–Trinajstić information content (AvgIpc) is 2.11. The summed E-state index contributed by atoms with van der Waals surface area (Å²) in [6, 6.07) is 0.691. The standard InChI is InChI=1S/C11H25N3/c1-10-8-14(7-6-13(10)5)9-11(2,3)12-4/h10,12H,6-9H2,1-5H3. The number of likely N-dealkylation sites (N-methyl/N-ethyl adjacent to an activating group) is 2. The van der Waals surface area contributed by atoms with Crippen LogP contribution < -0.4 is 5.32 Å². The van der Waals surface area contributed by atoms with Crippen molar-refractivity contribution >= 4 is 0 Å². The van der Waals surface area contributed by atoms with E-state index in [2.05, 4.69) is 42.9 Å². The fourth-order valence-electron chi connectivity index (χ4n) is 1.91. The molecule has 1 saturated heterocycles. The maximum Gasteiger partial charge on any atom is 0.0249 e. The fraction of sp³-hybridized carbons (Fsp3) is 1.00. The van der Waals surface area contributed by atoms with E-state index in [1.807, 2.05) is 7.05 Å². The Bertz CT molecular complexity index is 179. The molecule has 1 heterocycles. The minimum Gasteiger partial charge on any atom is -0.314 e. The lowest BCUT2D eigenvalue weighted by Gasteiger charge is -2.41. The third kappa shape index (κ3) is 3.23. The van der Waals surface area contributed by atoms with Crippen LogP contribution in [0, 0.1) is 0 Å². The van der Waals surface area contributed by atoms with E-state index in [0.717, 1.165) is 6.54 Å². The van der Waals surface area contributed by atoms with Crippen molar-refractivity contribution in [2.75, 3.05) is 40.3 Å². The normalized spacial score (nSPS) is 26.8. The molecule has 0 bridgehead atoms. The summed E-state index contributed by atoms with van der Waals surface area (Å²) in [5, 5.41) is 3.36. The number of rotatable bonds is 3. The van der Waals surface area contributed by atoms with Crippen molar-refractivity contribution < 1.29 is 0 Å². The molecule has 0 spiro atoms. The summed E-state index contributed by atoms with van der Waals surface area (Å²) in [6.45, 7) is 11.6. The minimum atomic E-state index is 0.232. The lowest BCUT2D eigenvalue weighted by Crippen LogP contribution is -2.55. The molecule has 1 unspecified atom stereocenters. The van der Waals surface area contributed by atoms with Gasteiger partial charge in [0.1, 0.15) is 0 Å². The van der Waals surface area contributed by atoms with Crippen LogP contribution in [0.4, 0.5) is 0 Å².